The first kappa shape index (κ1) is 21.7. The van der Waals surface area contributed by atoms with Crippen LogP contribution in [0.15, 0.2) is 52.1 Å². The number of aliphatic imine (C=N–C) groups is 1. The molecule has 0 saturated carbocycles. The topological polar surface area (TPSA) is 68.0 Å². The molecule has 148 valence electrons. The average molecular weight is 485 g/mol. The van der Waals surface area contributed by atoms with Crippen molar-refractivity contribution in [2.75, 3.05) is 20.3 Å². The molecule has 27 heavy (non-hydrogen) atoms. The molecule has 1 aromatic heterocycles. The van der Waals surface area contributed by atoms with Crippen LogP contribution in [0.2, 0.25) is 0 Å². The summed E-state index contributed by atoms with van der Waals surface area (Å²) in [5, 5.41) is 6.53. The Morgan fingerprint density at radius 3 is 2.44 bits per heavy atom. The molecule has 2 N–H and O–H groups in total. The van der Waals surface area contributed by atoms with Crippen molar-refractivity contribution in [1.29, 1.82) is 0 Å². The lowest BCUT2D eigenvalue weighted by molar-refractivity contribution is -0.0390. The zero-order valence-electron chi connectivity index (χ0n) is 15.6. The van der Waals surface area contributed by atoms with Crippen LogP contribution < -0.4 is 10.6 Å². The van der Waals surface area contributed by atoms with Crippen LogP contribution in [0.5, 0.6) is 0 Å². The van der Waals surface area contributed by atoms with Gasteiger partial charge in [-0.2, -0.15) is 0 Å². The second-order valence-electron chi connectivity index (χ2n) is 6.30. The summed E-state index contributed by atoms with van der Waals surface area (Å²) in [6.45, 7) is 3.59. The molecule has 2 aromatic rings. The first-order chi connectivity index (χ1) is 12.8. The Morgan fingerprint density at radius 1 is 1.07 bits per heavy atom. The number of benzene rings is 1. The first-order valence-electron chi connectivity index (χ1n) is 9.07. The van der Waals surface area contributed by atoms with Crippen molar-refractivity contribution in [2.45, 2.75) is 38.6 Å². The standard InChI is InChI=1S/C20H27N3O3.HI/c1-21-20(23-14-19-3-2-10-25-19)22-13-16-4-6-17(7-5-16)15-26-18-8-11-24-12-9-18;/h2-7,10,18H,8-9,11-15H2,1H3,(H2,21,22,23);1H. The van der Waals surface area contributed by atoms with Gasteiger partial charge >= 0.3 is 0 Å². The fourth-order valence-electron chi connectivity index (χ4n) is 2.80. The summed E-state index contributed by atoms with van der Waals surface area (Å²) in [7, 11) is 1.76. The van der Waals surface area contributed by atoms with Crippen LogP contribution in [0, 0.1) is 0 Å². The highest BCUT2D eigenvalue weighted by molar-refractivity contribution is 14.0. The number of nitrogens with one attached hydrogen (secondary N) is 2. The summed E-state index contributed by atoms with van der Waals surface area (Å²) < 4.78 is 16.6. The number of hydrogen-bond donors (Lipinski definition) is 2. The summed E-state index contributed by atoms with van der Waals surface area (Å²) >= 11 is 0. The number of guanidine groups is 1. The summed E-state index contributed by atoms with van der Waals surface area (Å²) in [5.74, 6) is 1.62. The van der Waals surface area contributed by atoms with Crippen LogP contribution >= 0.6 is 24.0 Å². The van der Waals surface area contributed by atoms with E-state index in [2.05, 4.69) is 39.9 Å². The van der Waals surface area contributed by atoms with Gasteiger partial charge in [0.05, 0.1) is 25.5 Å². The van der Waals surface area contributed by atoms with Crippen molar-refractivity contribution in [1.82, 2.24) is 10.6 Å². The van der Waals surface area contributed by atoms with E-state index in [1.54, 1.807) is 13.3 Å². The van der Waals surface area contributed by atoms with Gasteiger partial charge in [0, 0.05) is 26.8 Å². The normalized spacial score (nSPS) is 15.2. The van der Waals surface area contributed by atoms with Crippen molar-refractivity contribution >= 4 is 29.9 Å². The lowest BCUT2D eigenvalue weighted by Gasteiger charge is -2.22. The van der Waals surface area contributed by atoms with Gasteiger partial charge in [-0.25, -0.2) is 0 Å². The molecule has 1 aliphatic heterocycles. The molecule has 1 fully saturated rings. The number of furan rings is 1. The molecule has 1 aliphatic rings. The van der Waals surface area contributed by atoms with Gasteiger partial charge in [-0.05, 0) is 36.1 Å². The number of rotatable bonds is 7. The smallest absolute Gasteiger partial charge is 0.191 e. The van der Waals surface area contributed by atoms with E-state index in [4.69, 9.17) is 13.9 Å². The minimum Gasteiger partial charge on any atom is -0.467 e. The average Bonchev–Trinajstić information content (AvgIpc) is 3.22. The molecular formula is C20H28IN3O3. The Hall–Kier alpha value is -1.58. The van der Waals surface area contributed by atoms with Crippen molar-refractivity contribution in [2.24, 2.45) is 4.99 Å². The van der Waals surface area contributed by atoms with Crippen LogP contribution in [0.4, 0.5) is 0 Å². The quantitative estimate of drug-likeness (QED) is 0.357. The van der Waals surface area contributed by atoms with Gasteiger partial charge in [-0.15, -0.1) is 24.0 Å². The number of halogens is 1. The van der Waals surface area contributed by atoms with E-state index in [1.165, 1.54) is 11.1 Å². The largest absolute Gasteiger partial charge is 0.467 e. The van der Waals surface area contributed by atoms with E-state index < -0.39 is 0 Å². The molecule has 0 atom stereocenters. The molecule has 0 radical (unpaired) electrons. The zero-order chi connectivity index (χ0) is 18.0. The van der Waals surface area contributed by atoms with E-state index in [-0.39, 0.29) is 24.0 Å². The highest BCUT2D eigenvalue weighted by atomic mass is 127. The van der Waals surface area contributed by atoms with Gasteiger partial charge in [0.25, 0.3) is 0 Å². The second-order valence-corrected chi connectivity index (χ2v) is 6.30. The lowest BCUT2D eigenvalue weighted by atomic mass is 10.1. The maximum atomic E-state index is 5.96. The second kappa shape index (κ2) is 12.0. The van der Waals surface area contributed by atoms with Gasteiger partial charge in [0.15, 0.2) is 5.96 Å². The van der Waals surface area contributed by atoms with Gasteiger partial charge in [-0.3, -0.25) is 4.99 Å². The van der Waals surface area contributed by atoms with Gasteiger partial charge in [0.2, 0.25) is 0 Å². The monoisotopic (exact) mass is 485 g/mol. The Kier molecular flexibility index (Phi) is 9.65. The van der Waals surface area contributed by atoms with Gasteiger partial charge in [-0.1, -0.05) is 24.3 Å². The molecule has 0 amide bonds. The van der Waals surface area contributed by atoms with Crippen LogP contribution in [0.25, 0.3) is 0 Å². The van der Waals surface area contributed by atoms with Gasteiger partial charge in [0.1, 0.15) is 5.76 Å². The number of nitrogens with zero attached hydrogens (tertiary/aromatic N) is 1. The van der Waals surface area contributed by atoms with Crippen LogP contribution in [-0.2, 0) is 29.2 Å². The van der Waals surface area contributed by atoms with Crippen LogP contribution in [-0.4, -0.2) is 32.3 Å². The summed E-state index contributed by atoms with van der Waals surface area (Å²) in [6, 6.07) is 12.3. The van der Waals surface area contributed by atoms with Crippen LogP contribution in [0.1, 0.15) is 29.7 Å². The molecule has 2 heterocycles. The minimum absolute atomic E-state index is 0. The molecule has 1 saturated heterocycles. The summed E-state index contributed by atoms with van der Waals surface area (Å²) in [6.07, 6.45) is 3.98. The van der Waals surface area contributed by atoms with E-state index in [9.17, 15) is 0 Å². The Bertz CT molecular complexity index is 668. The molecule has 0 aliphatic carbocycles. The SMILES string of the molecule is CN=C(NCc1ccc(COC2CCOCC2)cc1)NCc1ccco1.I. The zero-order valence-corrected chi connectivity index (χ0v) is 18.0. The summed E-state index contributed by atoms with van der Waals surface area (Å²) in [4.78, 5) is 4.22. The fourth-order valence-corrected chi connectivity index (χ4v) is 2.80. The van der Waals surface area contributed by atoms with E-state index in [0.717, 1.165) is 37.8 Å². The number of hydrogen-bond acceptors (Lipinski definition) is 4. The molecule has 3 rings (SSSR count). The third kappa shape index (κ3) is 7.51. The van der Waals surface area contributed by atoms with Crippen molar-refractivity contribution in [3.63, 3.8) is 0 Å². The van der Waals surface area contributed by atoms with Crippen molar-refractivity contribution < 1.29 is 13.9 Å². The molecule has 1 aromatic carbocycles. The third-order valence-electron chi connectivity index (χ3n) is 4.37. The molecule has 0 bridgehead atoms. The van der Waals surface area contributed by atoms with Gasteiger partial charge < -0.3 is 24.5 Å². The Morgan fingerprint density at radius 2 is 1.78 bits per heavy atom. The fraction of sp³-hybridized carbons (Fsp3) is 0.450. The molecule has 7 heteroatoms. The maximum Gasteiger partial charge on any atom is 0.191 e. The molecular weight excluding hydrogens is 457 g/mol. The van der Waals surface area contributed by atoms with E-state index >= 15 is 0 Å². The molecule has 6 nitrogen and oxygen atoms in total. The first-order valence-corrected chi connectivity index (χ1v) is 9.07. The highest BCUT2D eigenvalue weighted by Crippen LogP contribution is 2.14. The van der Waals surface area contributed by atoms with Crippen LogP contribution in [0.3, 0.4) is 0 Å². The Balaban J connectivity index is 0.00000261. The van der Waals surface area contributed by atoms with Crippen molar-refractivity contribution in [3.8, 4) is 0 Å². The minimum atomic E-state index is 0. The third-order valence-corrected chi connectivity index (χ3v) is 4.37. The lowest BCUT2D eigenvalue weighted by Crippen LogP contribution is -2.36. The van der Waals surface area contributed by atoms with E-state index in [1.807, 2.05) is 12.1 Å². The maximum absolute atomic E-state index is 5.96. The Labute approximate surface area is 177 Å². The van der Waals surface area contributed by atoms with Crippen molar-refractivity contribution in [3.05, 3.63) is 59.5 Å². The molecule has 0 unspecified atom stereocenters. The number of ether oxygens (including phenoxy) is 2. The summed E-state index contributed by atoms with van der Waals surface area (Å²) in [5.41, 5.74) is 2.39. The highest BCUT2D eigenvalue weighted by Gasteiger charge is 2.13. The predicted molar refractivity (Wildman–Crippen MR) is 116 cm³/mol. The molecule has 0 spiro atoms. The predicted octanol–water partition coefficient (Wildman–Crippen LogP) is 3.46. The van der Waals surface area contributed by atoms with E-state index in [0.29, 0.717) is 25.8 Å².